The van der Waals surface area contributed by atoms with E-state index in [0.29, 0.717) is 17.2 Å². The van der Waals surface area contributed by atoms with Crippen LogP contribution in [0.1, 0.15) is 11.6 Å². The lowest BCUT2D eigenvalue weighted by atomic mass is 10.1. The van der Waals surface area contributed by atoms with E-state index in [1.807, 2.05) is 0 Å². The van der Waals surface area contributed by atoms with Crippen molar-refractivity contribution in [3.8, 4) is 11.6 Å². The third-order valence-electron chi connectivity index (χ3n) is 1.89. The highest BCUT2D eigenvalue weighted by atomic mass is 16.5. The number of aliphatic hydroxyl groups is 1. The van der Waals surface area contributed by atoms with Crippen LogP contribution in [0.4, 0.5) is 0 Å². The maximum absolute atomic E-state index is 8.96. The zero-order valence-corrected chi connectivity index (χ0v) is 8.23. The molecule has 5 nitrogen and oxygen atoms in total. The molecule has 0 aliphatic rings. The van der Waals surface area contributed by atoms with Crippen LogP contribution in [0.5, 0.6) is 11.6 Å². The Morgan fingerprint density at radius 3 is 2.71 bits per heavy atom. The van der Waals surface area contributed by atoms with Crippen LogP contribution < -0.4 is 15.2 Å². The quantitative estimate of drug-likeness (QED) is 0.717. The molecule has 78 valence electrons. The van der Waals surface area contributed by atoms with E-state index in [4.69, 9.17) is 20.3 Å². The standard InChI is InChI=1S/C9H14N2O3/c1-13-7-3-4-11-9(14-2)8(7)6(10)5-12/h3-4,6,12H,5,10H2,1-2H3/t6-/m0/s1. The Morgan fingerprint density at radius 2 is 2.21 bits per heavy atom. The lowest BCUT2D eigenvalue weighted by Crippen LogP contribution is -2.17. The van der Waals surface area contributed by atoms with E-state index < -0.39 is 6.04 Å². The molecule has 0 saturated heterocycles. The van der Waals surface area contributed by atoms with Gasteiger partial charge < -0.3 is 20.3 Å². The molecule has 1 heterocycles. The predicted octanol–water partition coefficient (Wildman–Crippen LogP) is 0.0909. The van der Waals surface area contributed by atoms with E-state index >= 15 is 0 Å². The molecule has 0 unspecified atom stereocenters. The summed E-state index contributed by atoms with van der Waals surface area (Å²) in [4.78, 5) is 3.98. The minimum absolute atomic E-state index is 0.182. The van der Waals surface area contributed by atoms with Crippen molar-refractivity contribution in [1.29, 1.82) is 0 Å². The molecule has 0 aliphatic carbocycles. The van der Waals surface area contributed by atoms with E-state index in [2.05, 4.69) is 4.98 Å². The number of pyridine rings is 1. The molecule has 0 aliphatic heterocycles. The van der Waals surface area contributed by atoms with Gasteiger partial charge in [-0.15, -0.1) is 0 Å². The number of hydrogen-bond donors (Lipinski definition) is 2. The maximum atomic E-state index is 8.96. The normalized spacial score (nSPS) is 12.3. The summed E-state index contributed by atoms with van der Waals surface area (Å²) in [6.45, 7) is -0.182. The van der Waals surface area contributed by atoms with Crippen LogP contribution in [0.3, 0.4) is 0 Å². The average Bonchev–Trinajstić information content (AvgIpc) is 2.26. The molecule has 0 bridgehead atoms. The van der Waals surface area contributed by atoms with Crippen LogP contribution in [0, 0.1) is 0 Å². The van der Waals surface area contributed by atoms with E-state index in [1.54, 1.807) is 12.3 Å². The summed E-state index contributed by atoms with van der Waals surface area (Å²) in [7, 11) is 3.03. The SMILES string of the molecule is COc1ccnc(OC)c1[C@@H](N)CO. The number of hydrogen-bond acceptors (Lipinski definition) is 5. The van der Waals surface area contributed by atoms with Gasteiger partial charge in [0.05, 0.1) is 32.4 Å². The monoisotopic (exact) mass is 198 g/mol. The largest absolute Gasteiger partial charge is 0.496 e. The second-order valence-electron chi connectivity index (χ2n) is 2.73. The van der Waals surface area contributed by atoms with Crippen LogP contribution >= 0.6 is 0 Å². The zero-order valence-electron chi connectivity index (χ0n) is 8.23. The Kier molecular flexibility index (Phi) is 3.67. The van der Waals surface area contributed by atoms with Gasteiger partial charge in [-0.25, -0.2) is 4.98 Å². The summed E-state index contributed by atoms with van der Waals surface area (Å²) in [5.74, 6) is 0.948. The molecule has 14 heavy (non-hydrogen) atoms. The highest BCUT2D eigenvalue weighted by Crippen LogP contribution is 2.30. The Labute approximate surface area is 82.5 Å². The minimum atomic E-state index is -0.548. The molecule has 1 aromatic heterocycles. The van der Waals surface area contributed by atoms with Crippen molar-refractivity contribution in [2.45, 2.75) is 6.04 Å². The van der Waals surface area contributed by atoms with Crippen LogP contribution in [0.15, 0.2) is 12.3 Å². The number of methoxy groups -OCH3 is 2. The lowest BCUT2D eigenvalue weighted by Gasteiger charge is -2.15. The molecule has 3 N–H and O–H groups in total. The Bertz CT molecular complexity index is 282. The van der Waals surface area contributed by atoms with Gasteiger partial charge in [0.1, 0.15) is 5.75 Å². The molecule has 5 heteroatoms. The summed E-state index contributed by atoms with van der Waals surface area (Å²) >= 11 is 0. The Morgan fingerprint density at radius 1 is 1.50 bits per heavy atom. The van der Waals surface area contributed by atoms with E-state index in [0.717, 1.165) is 0 Å². The summed E-state index contributed by atoms with van der Waals surface area (Å²) in [6, 6.07) is 1.13. The topological polar surface area (TPSA) is 77.6 Å². The first-order valence-electron chi connectivity index (χ1n) is 4.18. The highest BCUT2D eigenvalue weighted by Gasteiger charge is 2.17. The summed E-state index contributed by atoms with van der Waals surface area (Å²) in [5, 5.41) is 8.96. The number of ether oxygens (including phenoxy) is 2. The molecular weight excluding hydrogens is 184 g/mol. The van der Waals surface area contributed by atoms with Crippen LogP contribution in [0.25, 0.3) is 0 Å². The van der Waals surface area contributed by atoms with Crippen molar-refractivity contribution in [2.24, 2.45) is 5.73 Å². The van der Waals surface area contributed by atoms with E-state index in [9.17, 15) is 0 Å². The average molecular weight is 198 g/mol. The number of nitrogens with two attached hydrogens (primary N) is 1. The minimum Gasteiger partial charge on any atom is -0.496 e. The van der Waals surface area contributed by atoms with Gasteiger partial charge >= 0.3 is 0 Å². The van der Waals surface area contributed by atoms with Gasteiger partial charge in [0, 0.05) is 6.20 Å². The van der Waals surface area contributed by atoms with E-state index in [-0.39, 0.29) is 6.61 Å². The first kappa shape index (κ1) is 10.7. The van der Waals surface area contributed by atoms with Crippen molar-refractivity contribution in [1.82, 2.24) is 4.98 Å². The van der Waals surface area contributed by atoms with Crippen molar-refractivity contribution >= 4 is 0 Å². The van der Waals surface area contributed by atoms with Gasteiger partial charge in [-0.2, -0.15) is 0 Å². The van der Waals surface area contributed by atoms with Gasteiger partial charge in [0.15, 0.2) is 0 Å². The molecule has 0 spiro atoms. The molecular formula is C9H14N2O3. The highest BCUT2D eigenvalue weighted by molar-refractivity contribution is 5.42. The van der Waals surface area contributed by atoms with Gasteiger partial charge in [-0.05, 0) is 6.07 Å². The van der Waals surface area contributed by atoms with Crippen molar-refractivity contribution < 1.29 is 14.6 Å². The van der Waals surface area contributed by atoms with Gasteiger partial charge in [-0.3, -0.25) is 0 Å². The lowest BCUT2D eigenvalue weighted by molar-refractivity contribution is 0.259. The van der Waals surface area contributed by atoms with E-state index in [1.165, 1.54) is 14.2 Å². The van der Waals surface area contributed by atoms with Gasteiger partial charge in [0.2, 0.25) is 5.88 Å². The number of aliphatic hydroxyl groups excluding tert-OH is 1. The van der Waals surface area contributed by atoms with Crippen molar-refractivity contribution in [3.05, 3.63) is 17.8 Å². The van der Waals surface area contributed by atoms with Gasteiger partial charge in [0.25, 0.3) is 0 Å². The number of aromatic nitrogens is 1. The molecule has 1 aromatic rings. The maximum Gasteiger partial charge on any atom is 0.221 e. The van der Waals surface area contributed by atoms with Crippen LogP contribution in [-0.2, 0) is 0 Å². The van der Waals surface area contributed by atoms with Crippen molar-refractivity contribution in [2.75, 3.05) is 20.8 Å². The molecule has 0 fully saturated rings. The predicted molar refractivity (Wildman–Crippen MR) is 51.4 cm³/mol. The third kappa shape index (κ3) is 1.94. The molecule has 0 saturated carbocycles. The van der Waals surface area contributed by atoms with Crippen molar-refractivity contribution in [3.63, 3.8) is 0 Å². The molecule has 1 atom stereocenters. The Hall–Kier alpha value is -1.33. The van der Waals surface area contributed by atoms with Gasteiger partial charge in [-0.1, -0.05) is 0 Å². The summed E-state index contributed by atoms with van der Waals surface area (Å²) < 4.78 is 10.1. The Balaban J connectivity index is 3.18. The van der Waals surface area contributed by atoms with Crippen LogP contribution in [0.2, 0.25) is 0 Å². The van der Waals surface area contributed by atoms with Crippen LogP contribution in [-0.4, -0.2) is 30.9 Å². The fraction of sp³-hybridized carbons (Fsp3) is 0.444. The second-order valence-corrected chi connectivity index (χ2v) is 2.73. The second kappa shape index (κ2) is 4.78. The smallest absolute Gasteiger partial charge is 0.221 e. The molecule has 0 amide bonds. The third-order valence-corrected chi connectivity index (χ3v) is 1.89. The zero-order chi connectivity index (χ0) is 10.6. The summed E-state index contributed by atoms with van der Waals surface area (Å²) in [5.41, 5.74) is 6.28. The fourth-order valence-corrected chi connectivity index (χ4v) is 1.21. The fourth-order valence-electron chi connectivity index (χ4n) is 1.21. The molecule has 0 radical (unpaired) electrons. The summed E-state index contributed by atoms with van der Waals surface area (Å²) in [6.07, 6.45) is 1.56. The first-order valence-corrected chi connectivity index (χ1v) is 4.18. The number of rotatable bonds is 4. The molecule has 0 aromatic carbocycles. The molecule has 1 rings (SSSR count). The number of nitrogens with zero attached hydrogens (tertiary/aromatic N) is 1. The first-order chi connectivity index (χ1) is 6.74.